The zero-order valence-electron chi connectivity index (χ0n) is 8.29. The Morgan fingerprint density at radius 3 is 3.07 bits per heavy atom. The van der Waals surface area contributed by atoms with Crippen LogP contribution in [-0.2, 0) is 11.3 Å². The predicted molar refractivity (Wildman–Crippen MR) is 61.8 cm³/mol. The van der Waals surface area contributed by atoms with E-state index in [4.69, 9.17) is 11.6 Å². The normalized spacial score (nSPS) is 18.6. The molecule has 1 aromatic carbocycles. The fourth-order valence-corrected chi connectivity index (χ4v) is 2.25. The number of hydrogen-bond acceptors (Lipinski definition) is 2. The molecule has 0 aliphatic carbocycles. The van der Waals surface area contributed by atoms with Gasteiger partial charge < -0.3 is 10.1 Å². The molecule has 0 saturated heterocycles. The Morgan fingerprint density at radius 1 is 1.60 bits per heavy atom. The van der Waals surface area contributed by atoms with E-state index in [1.807, 2.05) is 12.1 Å². The van der Waals surface area contributed by atoms with Gasteiger partial charge in [-0.05, 0) is 28.8 Å². The van der Waals surface area contributed by atoms with Crippen molar-refractivity contribution in [2.45, 2.75) is 19.0 Å². The molecule has 15 heavy (non-hydrogen) atoms. The molecule has 1 aliphatic rings. The molecule has 78 valence electrons. The van der Waals surface area contributed by atoms with Gasteiger partial charge >= 0.3 is 0 Å². The van der Waals surface area contributed by atoms with Crippen LogP contribution in [0, 0.1) is 0 Å². The molecular formula is C12H12ClNO. The number of hydrogen-bond donors (Lipinski definition) is 1. The van der Waals surface area contributed by atoms with Gasteiger partial charge in [0.05, 0.1) is 0 Å². The number of fused-ring (bicyclic) bond motifs is 1. The van der Waals surface area contributed by atoms with Crippen molar-refractivity contribution in [1.29, 1.82) is 0 Å². The third-order valence-corrected chi connectivity index (χ3v) is 2.95. The summed E-state index contributed by atoms with van der Waals surface area (Å²) in [6, 6.07) is 3.94. The molecule has 1 unspecified atom stereocenters. The minimum Gasteiger partial charge on any atom is -0.305 e. The van der Waals surface area contributed by atoms with E-state index in [0.717, 1.165) is 24.0 Å². The summed E-state index contributed by atoms with van der Waals surface area (Å²) in [5, 5.41) is 3.98. The van der Waals surface area contributed by atoms with Gasteiger partial charge in [0.2, 0.25) is 0 Å². The first kappa shape index (κ1) is 10.4. The Hall–Kier alpha value is -1.12. The van der Waals surface area contributed by atoms with E-state index in [-0.39, 0.29) is 6.04 Å². The second kappa shape index (κ2) is 4.17. The van der Waals surface area contributed by atoms with Gasteiger partial charge in [0.15, 0.2) is 0 Å². The lowest BCUT2D eigenvalue weighted by molar-refractivity contribution is -0.108. The molecule has 0 saturated carbocycles. The van der Waals surface area contributed by atoms with Crippen LogP contribution in [0.1, 0.15) is 29.2 Å². The highest BCUT2D eigenvalue weighted by Crippen LogP contribution is 2.32. The van der Waals surface area contributed by atoms with E-state index >= 15 is 0 Å². The van der Waals surface area contributed by atoms with Crippen LogP contribution < -0.4 is 5.32 Å². The third kappa shape index (κ3) is 1.83. The summed E-state index contributed by atoms with van der Waals surface area (Å²) in [4.78, 5) is 10.5. The highest BCUT2D eigenvalue weighted by molar-refractivity contribution is 6.30. The number of benzene rings is 1. The molecule has 1 heterocycles. The topological polar surface area (TPSA) is 29.1 Å². The number of nitrogens with one attached hydrogen (secondary N) is 1. The van der Waals surface area contributed by atoms with E-state index in [1.54, 1.807) is 6.08 Å². The van der Waals surface area contributed by atoms with Gasteiger partial charge in [0.1, 0.15) is 6.29 Å². The van der Waals surface area contributed by atoms with E-state index in [1.165, 1.54) is 5.56 Å². The smallest absolute Gasteiger partial charge is 0.121 e. The van der Waals surface area contributed by atoms with Crippen molar-refractivity contribution in [3.63, 3.8) is 0 Å². The van der Waals surface area contributed by atoms with Crippen LogP contribution in [0.5, 0.6) is 0 Å². The van der Waals surface area contributed by atoms with Crippen LogP contribution in [0.2, 0.25) is 5.02 Å². The average molecular weight is 222 g/mol. The van der Waals surface area contributed by atoms with Crippen LogP contribution in [0.4, 0.5) is 0 Å². The molecule has 0 spiro atoms. The standard InChI is InChI=1S/C12H12ClNO/c1-2-8-5-9(13)6-10-11(8)7-14-12(10)3-4-15/h2,4-6,12,14H,1,3,7H2. The Morgan fingerprint density at radius 2 is 2.40 bits per heavy atom. The number of aldehydes is 1. The zero-order chi connectivity index (χ0) is 10.8. The van der Waals surface area contributed by atoms with E-state index in [2.05, 4.69) is 11.9 Å². The molecule has 2 rings (SSSR count). The van der Waals surface area contributed by atoms with Crippen LogP contribution in [0.15, 0.2) is 18.7 Å². The first-order valence-electron chi connectivity index (χ1n) is 4.88. The third-order valence-electron chi connectivity index (χ3n) is 2.74. The van der Waals surface area contributed by atoms with Crippen molar-refractivity contribution in [1.82, 2.24) is 5.32 Å². The molecule has 2 nitrogen and oxygen atoms in total. The Bertz CT molecular complexity index is 414. The average Bonchev–Trinajstić information content (AvgIpc) is 2.61. The van der Waals surface area contributed by atoms with Gasteiger partial charge in [-0.1, -0.05) is 24.3 Å². The maximum Gasteiger partial charge on any atom is 0.121 e. The summed E-state index contributed by atoms with van der Waals surface area (Å²) in [6.07, 6.45) is 3.22. The molecule has 3 heteroatoms. The summed E-state index contributed by atoms with van der Waals surface area (Å²) in [7, 11) is 0. The molecule has 0 amide bonds. The monoisotopic (exact) mass is 221 g/mol. The second-order valence-electron chi connectivity index (χ2n) is 3.60. The molecule has 0 radical (unpaired) electrons. The summed E-state index contributed by atoms with van der Waals surface area (Å²) in [5.74, 6) is 0. The maximum atomic E-state index is 10.5. The van der Waals surface area contributed by atoms with Crippen molar-refractivity contribution >= 4 is 24.0 Å². The highest BCUT2D eigenvalue weighted by atomic mass is 35.5. The number of halogens is 1. The first-order chi connectivity index (χ1) is 7.26. The number of carbonyl (C=O) groups excluding carboxylic acids is 1. The molecule has 0 fully saturated rings. The van der Waals surface area contributed by atoms with Gasteiger partial charge in [-0.25, -0.2) is 0 Å². The Kier molecular flexibility index (Phi) is 2.89. The van der Waals surface area contributed by atoms with Gasteiger partial charge in [-0.3, -0.25) is 0 Å². The number of carbonyl (C=O) groups is 1. The molecule has 0 bridgehead atoms. The number of rotatable bonds is 3. The van der Waals surface area contributed by atoms with Crippen molar-refractivity contribution in [3.05, 3.63) is 40.4 Å². The molecular weight excluding hydrogens is 210 g/mol. The zero-order valence-corrected chi connectivity index (χ0v) is 9.05. The fourth-order valence-electron chi connectivity index (χ4n) is 2.02. The lowest BCUT2D eigenvalue weighted by Gasteiger charge is -2.09. The molecule has 1 N–H and O–H groups in total. The van der Waals surface area contributed by atoms with Gasteiger partial charge in [0.25, 0.3) is 0 Å². The maximum absolute atomic E-state index is 10.5. The van der Waals surface area contributed by atoms with Crippen LogP contribution in [0.25, 0.3) is 6.08 Å². The van der Waals surface area contributed by atoms with Gasteiger partial charge in [0, 0.05) is 24.0 Å². The van der Waals surface area contributed by atoms with Crippen molar-refractivity contribution < 1.29 is 4.79 Å². The molecule has 1 aromatic rings. The summed E-state index contributed by atoms with van der Waals surface area (Å²) in [5.41, 5.74) is 3.39. The molecule has 1 aliphatic heterocycles. The first-order valence-corrected chi connectivity index (χ1v) is 5.26. The lowest BCUT2D eigenvalue weighted by atomic mass is 9.98. The minimum absolute atomic E-state index is 0.106. The Balaban J connectivity index is 2.48. The highest BCUT2D eigenvalue weighted by Gasteiger charge is 2.23. The molecule has 1 atom stereocenters. The Labute approximate surface area is 93.9 Å². The largest absolute Gasteiger partial charge is 0.305 e. The van der Waals surface area contributed by atoms with Crippen molar-refractivity contribution in [3.8, 4) is 0 Å². The fraction of sp³-hybridized carbons (Fsp3) is 0.250. The van der Waals surface area contributed by atoms with Crippen LogP contribution in [0.3, 0.4) is 0 Å². The SMILES string of the molecule is C=Cc1cc(Cl)cc2c1CNC2CC=O. The summed E-state index contributed by atoms with van der Waals surface area (Å²) in [6.45, 7) is 4.55. The summed E-state index contributed by atoms with van der Waals surface area (Å²) < 4.78 is 0. The van der Waals surface area contributed by atoms with Crippen molar-refractivity contribution in [2.24, 2.45) is 0 Å². The van der Waals surface area contributed by atoms with E-state index in [0.29, 0.717) is 11.4 Å². The lowest BCUT2D eigenvalue weighted by Crippen LogP contribution is -2.11. The summed E-state index contributed by atoms with van der Waals surface area (Å²) >= 11 is 6.01. The minimum atomic E-state index is 0.106. The van der Waals surface area contributed by atoms with Crippen LogP contribution in [-0.4, -0.2) is 6.29 Å². The second-order valence-corrected chi connectivity index (χ2v) is 4.04. The van der Waals surface area contributed by atoms with E-state index in [9.17, 15) is 4.79 Å². The van der Waals surface area contributed by atoms with Crippen LogP contribution >= 0.6 is 11.6 Å². The predicted octanol–water partition coefficient (Wildman–Crippen LogP) is 2.72. The quantitative estimate of drug-likeness (QED) is 0.796. The van der Waals surface area contributed by atoms with E-state index < -0.39 is 0 Å². The van der Waals surface area contributed by atoms with Gasteiger partial charge in [-0.15, -0.1) is 0 Å². The molecule has 0 aromatic heterocycles. The van der Waals surface area contributed by atoms with Gasteiger partial charge in [-0.2, -0.15) is 0 Å². The van der Waals surface area contributed by atoms with Crippen molar-refractivity contribution in [2.75, 3.05) is 0 Å².